The summed E-state index contributed by atoms with van der Waals surface area (Å²) in [5, 5.41) is 5.32. The molecule has 2 aromatic carbocycles. The van der Waals surface area contributed by atoms with Crippen LogP contribution in [0.25, 0.3) is 10.8 Å². The predicted octanol–water partition coefficient (Wildman–Crippen LogP) is 3.69. The monoisotopic (exact) mass is 345 g/mol. The molecule has 4 nitrogen and oxygen atoms in total. The van der Waals surface area contributed by atoms with Crippen molar-refractivity contribution in [3.8, 4) is 0 Å². The van der Waals surface area contributed by atoms with E-state index in [-0.39, 0.29) is 5.91 Å². The van der Waals surface area contributed by atoms with Crippen LogP contribution in [-0.2, 0) is 17.8 Å². The Hall–Kier alpha value is -2.88. The molecule has 0 atom stereocenters. The number of hydrogen-bond acceptors (Lipinski definition) is 3. The van der Waals surface area contributed by atoms with E-state index in [4.69, 9.17) is 0 Å². The van der Waals surface area contributed by atoms with Gasteiger partial charge in [0.25, 0.3) is 0 Å². The summed E-state index contributed by atoms with van der Waals surface area (Å²) in [7, 11) is 0. The van der Waals surface area contributed by atoms with Gasteiger partial charge in [0.1, 0.15) is 5.82 Å². The standard InChI is InChI=1S/C22H23N3O/c26-22(14-19-8-5-7-18-6-1-2-9-20(18)19)24-16-17-10-11-21(23-15-17)25-12-3-4-13-25/h1-2,5-11,15H,3-4,12-14,16H2,(H,24,26). The maximum absolute atomic E-state index is 12.4. The molecule has 4 rings (SSSR count). The number of rotatable bonds is 5. The lowest BCUT2D eigenvalue weighted by Gasteiger charge is -2.16. The molecule has 132 valence electrons. The lowest BCUT2D eigenvalue weighted by atomic mass is 10.0. The highest BCUT2D eigenvalue weighted by atomic mass is 16.1. The number of nitrogens with one attached hydrogen (secondary N) is 1. The van der Waals surface area contributed by atoms with Gasteiger partial charge in [-0.3, -0.25) is 4.79 Å². The molecule has 4 heteroatoms. The van der Waals surface area contributed by atoms with E-state index >= 15 is 0 Å². The van der Waals surface area contributed by atoms with Crippen molar-refractivity contribution in [2.45, 2.75) is 25.8 Å². The fourth-order valence-corrected chi connectivity index (χ4v) is 3.54. The van der Waals surface area contributed by atoms with Crippen LogP contribution in [0.4, 0.5) is 5.82 Å². The largest absolute Gasteiger partial charge is 0.357 e. The van der Waals surface area contributed by atoms with Gasteiger partial charge in [0.05, 0.1) is 6.42 Å². The molecule has 0 bridgehead atoms. The number of fused-ring (bicyclic) bond motifs is 1. The van der Waals surface area contributed by atoms with Crippen molar-refractivity contribution in [1.82, 2.24) is 10.3 Å². The highest BCUT2D eigenvalue weighted by Gasteiger charge is 2.13. The van der Waals surface area contributed by atoms with E-state index in [2.05, 4.69) is 45.5 Å². The van der Waals surface area contributed by atoms with Crippen LogP contribution in [-0.4, -0.2) is 24.0 Å². The van der Waals surface area contributed by atoms with E-state index in [0.717, 1.165) is 35.4 Å². The Morgan fingerprint density at radius 1 is 1.00 bits per heavy atom. The van der Waals surface area contributed by atoms with Crippen molar-refractivity contribution in [2.75, 3.05) is 18.0 Å². The summed E-state index contributed by atoms with van der Waals surface area (Å²) < 4.78 is 0. The van der Waals surface area contributed by atoms with Gasteiger partial charge in [-0.25, -0.2) is 4.98 Å². The van der Waals surface area contributed by atoms with Crippen LogP contribution in [0.5, 0.6) is 0 Å². The Kier molecular flexibility index (Phi) is 4.82. The highest BCUT2D eigenvalue weighted by Crippen LogP contribution is 2.19. The van der Waals surface area contributed by atoms with Crippen LogP contribution in [0, 0.1) is 0 Å². The third kappa shape index (κ3) is 3.69. The summed E-state index contributed by atoms with van der Waals surface area (Å²) in [6.45, 7) is 2.69. The first-order valence-electron chi connectivity index (χ1n) is 9.23. The quantitative estimate of drug-likeness (QED) is 0.767. The Labute approximate surface area is 153 Å². The molecule has 1 fully saturated rings. The molecule has 2 heterocycles. The molecule has 0 spiro atoms. The fraction of sp³-hybridized carbons (Fsp3) is 0.273. The molecule has 1 aliphatic heterocycles. The average Bonchev–Trinajstić information content (AvgIpc) is 3.22. The molecule has 1 aromatic heterocycles. The van der Waals surface area contributed by atoms with Crippen molar-refractivity contribution in [1.29, 1.82) is 0 Å². The maximum atomic E-state index is 12.4. The molecular weight excluding hydrogens is 322 g/mol. The molecule has 0 aliphatic carbocycles. The van der Waals surface area contributed by atoms with Gasteiger partial charge in [-0.05, 0) is 40.8 Å². The number of amides is 1. The number of anilines is 1. The van der Waals surface area contributed by atoms with Gasteiger partial charge in [0.15, 0.2) is 0 Å². The smallest absolute Gasteiger partial charge is 0.224 e. The second kappa shape index (κ2) is 7.56. The first-order chi connectivity index (χ1) is 12.8. The number of nitrogens with zero attached hydrogens (tertiary/aromatic N) is 2. The Bertz CT molecular complexity index is 893. The lowest BCUT2D eigenvalue weighted by molar-refractivity contribution is -0.120. The topological polar surface area (TPSA) is 45.2 Å². The summed E-state index contributed by atoms with van der Waals surface area (Å²) in [6, 6.07) is 18.4. The van der Waals surface area contributed by atoms with Crippen LogP contribution in [0.1, 0.15) is 24.0 Å². The Morgan fingerprint density at radius 2 is 1.81 bits per heavy atom. The van der Waals surface area contributed by atoms with Gasteiger partial charge < -0.3 is 10.2 Å². The van der Waals surface area contributed by atoms with Crippen molar-refractivity contribution >= 4 is 22.5 Å². The normalized spacial score (nSPS) is 13.9. The summed E-state index contributed by atoms with van der Waals surface area (Å²) in [6.07, 6.45) is 4.74. The zero-order valence-corrected chi connectivity index (χ0v) is 14.8. The molecule has 0 radical (unpaired) electrons. The number of carbonyl (C=O) groups is 1. The maximum Gasteiger partial charge on any atom is 0.224 e. The molecule has 26 heavy (non-hydrogen) atoms. The molecule has 1 amide bonds. The SMILES string of the molecule is O=C(Cc1cccc2ccccc12)NCc1ccc(N2CCCC2)nc1. The molecule has 1 aliphatic rings. The molecule has 1 saturated heterocycles. The van der Waals surface area contributed by atoms with Gasteiger partial charge in [0, 0.05) is 25.8 Å². The zero-order valence-electron chi connectivity index (χ0n) is 14.8. The number of pyridine rings is 1. The zero-order chi connectivity index (χ0) is 17.8. The van der Waals surface area contributed by atoms with Crippen molar-refractivity contribution in [3.05, 3.63) is 71.9 Å². The van der Waals surface area contributed by atoms with Crippen molar-refractivity contribution in [3.63, 3.8) is 0 Å². The average molecular weight is 345 g/mol. The summed E-state index contributed by atoms with van der Waals surface area (Å²) in [5.74, 6) is 1.07. The number of benzene rings is 2. The summed E-state index contributed by atoms with van der Waals surface area (Å²) >= 11 is 0. The summed E-state index contributed by atoms with van der Waals surface area (Å²) in [5.41, 5.74) is 2.09. The molecule has 0 saturated carbocycles. The highest BCUT2D eigenvalue weighted by molar-refractivity contribution is 5.90. The van der Waals surface area contributed by atoms with Gasteiger partial charge in [-0.15, -0.1) is 0 Å². The molecule has 3 aromatic rings. The first kappa shape index (κ1) is 16.6. The Balaban J connectivity index is 1.36. The van der Waals surface area contributed by atoms with Crippen molar-refractivity contribution < 1.29 is 4.79 Å². The second-order valence-corrected chi connectivity index (χ2v) is 6.81. The predicted molar refractivity (Wildman–Crippen MR) is 105 cm³/mol. The first-order valence-corrected chi connectivity index (χ1v) is 9.23. The second-order valence-electron chi connectivity index (χ2n) is 6.81. The number of hydrogen-bond donors (Lipinski definition) is 1. The fourth-order valence-electron chi connectivity index (χ4n) is 3.54. The van der Waals surface area contributed by atoms with Crippen molar-refractivity contribution in [2.24, 2.45) is 0 Å². The van der Waals surface area contributed by atoms with Gasteiger partial charge in [0.2, 0.25) is 5.91 Å². The number of carbonyl (C=O) groups excluding carboxylic acids is 1. The summed E-state index contributed by atoms with van der Waals surface area (Å²) in [4.78, 5) is 19.2. The van der Waals surface area contributed by atoms with E-state index in [1.807, 2.05) is 30.5 Å². The molecule has 0 unspecified atom stereocenters. The lowest BCUT2D eigenvalue weighted by Crippen LogP contribution is -2.25. The number of aromatic nitrogens is 1. The van der Waals surface area contributed by atoms with Gasteiger partial charge >= 0.3 is 0 Å². The van der Waals surface area contributed by atoms with Crippen LogP contribution in [0.2, 0.25) is 0 Å². The van der Waals surface area contributed by atoms with Crippen LogP contribution >= 0.6 is 0 Å². The minimum absolute atomic E-state index is 0.0324. The third-order valence-electron chi connectivity index (χ3n) is 4.96. The van der Waals surface area contributed by atoms with Crippen LogP contribution < -0.4 is 10.2 Å². The molecular formula is C22H23N3O. The minimum atomic E-state index is 0.0324. The van der Waals surface area contributed by atoms with E-state index in [1.54, 1.807) is 0 Å². The Morgan fingerprint density at radius 3 is 2.62 bits per heavy atom. The minimum Gasteiger partial charge on any atom is -0.357 e. The van der Waals surface area contributed by atoms with E-state index in [0.29, 0.717) is 13.0 Å². The van der Waals surface area contributed by atoms with E-state index < -0.39 is 0 Å². The molecule has 1 N–H and O–H groups in total. The van der Waals surface area contributed by atoms with Crippen LogP contribution in [0.15, 0.2) is 60.8 Å². The van der Waals surface area contributed by atoms with Gasteiger partial charge in [-0.2, -0.15) is 0 Å². The van der Waals surface area contributed by atoms with E-state index in [1.165, 1.54) is 18.2 Å². The van der Waals surface area contributed by atoms with E-state index in [9.17, 15) is 4.79 Å². The van der Waals surface area contributed by atoms with Gasteiger partial charge in [-0.1, -0.05) is 48.5 Å². The third-order valence-corrected chi connectivity index (χ3v) is 4.96. The van der Waals surface area contributed by atoms with Crippen LogP contribution in [0.3, 0.4) is 0 Å².